The summed E-state index contributed by atoms with van der Waals surface area (Å²) in [6, 6.07) is 2.05. The van der Waals surface area contributed by atoms with Crippen LogP contribution in [0, 0.1) is 20.0 Å². The zero-order chi connectivity index (χ0) is 5.98. The molecule has 0 bridgehead atoms. The predicted molar refractivity (Wildman–Crippen MR) is 32.5 cm³/mol. The molecule has 0 aliphatic carbocycles. The van der Waals surface area contributed by atoms with Gasteiger partial charge in [0.15, 0.2) is 0 Å². The summed E-state index contributed by atoms with van der Waals surface area (Å²) >= 11 is 0. The SMILES string of the molecule is Cc1[c-]ncc(C)c1.[W+2]. The van der Waals surface area contributed by atoms with Crippen LogP contribution in [0.1, 0.15) is 11.1 Å². The van der Waals surface area contributed by atoms with Crippen molar-refractivity contribution in [2.75, 3.05) is 0 Å². The Morgan fingerprint density at radius 3 is 2.44 bits per heavy atom. The minimum absolute atomic E-state index is 0. The Morgan fingerprint density at radius 2 is 2.11 bits per heavy atom. The van der Waals surface area contributed by atoms with Crippen molar-refractivity contribution in [3.63, 3.8) is 0 Å². The number of aryl methyl sites for hydroxylation is 2. The van der Waals surface area contributed by atoms with Gasteiger partial charge in [-0.2, -0.15) is 6.07 Å². The van der Waals surface area contributed by atoms with Crippen molar-refractivity contribution in [2.45, 2.75) is 13.8 Å². The van der Waals surface area contributed by atoms with Gasteiger partial charge in [-0.1, -0.05) is 26.2 Å². The molecule has 1 nitrogen and oxygen atoms in total. The molecular formula is C7H8NW+. The number of hydrogen-bond acceptors (Lipinski definition) is 1. The number of hydrogen-bond donors (Lipinski definition) is 0. The van der Waals surface area contributed by atoms with Gasteiger partial charge >= 0.3 is 21.1 Å². The Hall–Kier alpha value is -0.162. The fourth-order valence-electron chi connectivity index (χ4n) is 0.647. The van der Waals surface area contributed by atoms with Gasteiger partial charge in [-0.15, -0.1) is 11.1 Å². The fraction of sp³-hybridized carbons (Fsp3) is 0.286. The van der Waals surface area contributed by atoms with Gasteiger partial charge in [0.2, 0.25) is 0 Å². The van der Waals surface area contributed by atoms with E-state index in [1.54, 1.807) is 6.20 Å². The average molecular weight is 290 g/mol. The first-order valence-electron chi connectivity index (χ1n) is 2.60. The molecule has 0 aromatic carbocycles. The molecule has 0 fully saturated rings. The monoisotopic (exact) mass is 290 g/mol. The molecule has 0 unspecified atom stereocenters. The molecule has 1 aromatic rings. The molecule has 2 heteroatoms. The van der Waals surface area contributed by atoms with Crippen molar-refractivity contribution in [1.29, 1.82) is 0 Å². The predicted octanol–water partition coefficient (Wildman–Crippen LogP) is 1.50. The van der Waals surface area contributed by atoms with Crippen molar-refractivity contribution in [2.24, 2.45) is 0 Å². The summed E-state index contributed by atoms with van der Waals surface area (Å²) in [5, 5.41) is 0. The molecule has 0 aliphatic rings. The van der Waals surface area contributed by atoms with E-state index in [-0.39, 0.29) is 21.1 Å². The quantitative estimate of drug-likeness (QED) is 0.660. The summed E-state index contributed by atoms with van der Waals surface area (Å²) in [5.41, 5.74) is 2.30. The Bertz CT molecular complexity index is 169. The van der Waals surface area contributed by atoms with E-state index >= 15 is 0 Å². The molecule has 1 aromatic heterocycles. The van der Waals surface area contributed by atoms with Crippen LogP contribution in [0.3, 0.4) is 0 Å². The van der Waals surface area contributed by atoms with Crippen LogP contribution < -0.4 is 0 Å². The van der Waals surface area contributed by atoms with Crippen LogP contribution in [0.25, 0.3) is 0 Å². The zero-order valence-electron chi connectivity index (χ0n) is 5.51. The third kappa shape index (κ3) is 2.76. The largest absolute Gasteiger partial charge is 2.00 e. The van der Waals surface area contributed by atoms with Crippen molar-refractivity contribution in [3.05, 3.63) is 29.6 Å². The topological polar surface area (TPSA) is 12.9 Å². The van der Waals surface area contributed by atoms with Crippen LogP contribution in [0.2, 0.25) is 0 Å². The van der Waals surface area contributed by atoms with Crippen LogP contribution in [0.4, 0.5) is 0 Å². The van der Waals surface area contributed by atoms with Gasteiger partial charge in [0, 0.05) is 0 Å². The number of rotatable bonds is 0. The zero-order valence-corrected chi connectivity index (χ0v) is 8.44. The Kier molecular flexibility index (Phi) is 3.72. The second kappa shape index (κ2) is 3.79. The third-order valence-corrected chi connectivity index (χ3v) is 0.953. The first-order chi connectivity index (χ1) is 3.79. The second-order valence-electron chi connectivity index (χ2n) is 1.94. The Balaban J connectivity index is 0.000000640. The summed E-state index contributed by atoms with van der Waals surface area (Å²) in [5.74, 6) is 0. The van der Waals surface area contributed by atoms with Crippen LogP contribution in [0.15, 0.2) is 12.3 Å². The minimum Gasteiger partial charge on any atom is -0.394 e. The molecular weight excluding hydrogens is 282 g/mol. The van der Waals surface area contributed by atoms with Gasteiger partial charge in [0.1, 0.15) is 0 Å². The summed E-state index contributed by atoms with van der Waals surface area (Å²) in [4.78, 5) is 3.86. The fourth-order valence-corrected chi connectivity index (χ4v) is 0.647. The summed E-state index contributed by atoms with van der Waals surface area (Å²) < 4.78 is 0. The standard InChI is InChI=1S/C7H8N.W/c1-6-3-7(2)5-8-4-6;/h3-4H,1-2H3;/q-1;+2. The van der Waals surface area contributed by atoms with E-state index in [2.05, 4.69) is 11.2 Å². The molecule has 0 saturated heterocycles. The van der Waals surface area contributed by atoms with Gasteiger partial charge in [0.25, 0.3) is 0 Å². The van der Waals surface area contributed by atoms with E-state index in [0.717, 1.165) is 5.56 Å². The van der Waals surface area contributed by atoms with Crippen molar-refractivity contribution >= 4 is 0 Å². The summed E-state index contributed by atoms with van der Waals surface area (Å²) in [6.45, 7) is 4.01. The van der Waals surface area contributed by atoms with E-state index in [0.29, 0.717) is 0 Å². The van der Waals surface area contributed by atoms with Crippen molar-refractivity contribution in [3.8, 4) is 0 Å². The van der Waals surface area contributed by atoms with E-state index < -0.39 is 0 Å². The Labute approximate surface area is 69.8 Å². The second-order valence-corrected chi connectivity index (χ2v) is 1.94. The maximum absolute atomic E-state index is 3.86. The molecule has 0 amide bonds. The van der Waals surface area contributed by atoms with Gasteiger partial charge in [0.05, 0.1) is 0 Å². The first kappa shape index (κ1) is 8.84. The molecule has 46 valence electrons. The van der Waals surface area contributed by atoms with E-state index in [9.17, 15) is 0 Å². The third-order valence-electron chi connectivity index (χ3n) is 0.953. The molecule has 0 spiro atoms. The van der Waals surface area contributed by atoms with Crippen LogP contribution >= 0.6 is 0 Å². The van der Waals surface area contributed by atoms with E-state index in [1.807, 2.05) is 19.9 Å². The molecule has 0 saturated carbocycles. The smallest absolute Gasteiger partial charge is 0.394 e. The molecule has 0 aliphatic heterocycles. The van der Waals surface area contributed by atoms with E-state index in [4.69, 9.17) is 0 Å². The summed E-state index contributed by atoms with van der Waals surface area (Å²) in [6.07, 6.45) is 4.62. The molecule has 0 atom stereocenters. The molecule has 1 rings (SSSR count). The van der Waals surface area contributed by atoms with Gasteiger partial charge in [-0.3, -0.25) is 0 Å². The van der Waals surface area contributed by atoms with Crippen molar-refractivity contribution in [1.82, 2.24) is 4.98 Å². The van der Waals surface area contributed by atoms with Gasteiger partial charge < -0.3 is 4.98 Å². The molecule has 0 radical (unpaired) electrons. The van der Waals surface area contributed by atoms with E-state index in [1.165, 1.54) is 5.56 Å². The number of nitrogens with zero attached hydrogens (tertiary/aromatic N) is 1. The number of aromatic nitrogens is 1. The van der Waals surface area contributed by atoms with Crippen LogP contribution in [-0.2, 0) is 21.1 Å². The van der Waals surface area contributed by atoms with Crippen LogP contribution in [-0.4, -0.2) is 4.98 Å². The summed E-state index contributed by atoms with van der Waals surface area (Å²) in [7, 11) is 0. The molecule has 0 N–H and O–H groups in total. The molecule has 1 heterocycles. The maximum atomic E-state index is 3.86. The van der Waals surface area contributed by atoms with Crippen LogP contribution in [0.5, 0.6) is 0 Å². The normalized spacial score (nSPS) is 8.22. The number of pyridine rings is 1. The average Bonchev–Trinajstić information content (AvgIpc) is 1.64. The minimum atomic E-state index is 0. The maximum Gasteiger partial charge on any atom is 2.00 e. The molecule has 9 heavy (non-hydrogen) atoms. The van der Waals surface area contributed by atoms with Gasteiger partial charge in [-0.25, -0.2) is 0 Å². The Morgan fingerprint density at radius 1 is 1.44 bits per heavy atom. The van der Waals surface area contributed by atoms with Crippen molar-refractivity contribution < 1.29 is 21.1 Å². The first-order valence-corrected chi connectivity index (χ1v) is 2.60. The van der Waals surface area contributed by atoms with Gasteiger partial charge in [-0.05, 0) is 0 Å².